The van der Waals surface area contributed by atoms with Gasteiger partial charge in [-0.15, -0.1) is 0 Å². The standard InChI is InChI=1S/C6H9N2O2/c9-4-7-3-6(10)8-5-1-2-5/h5H,1-3H2,(H,7,9)(H,8,10). The minimum atomic E-state index is -0.133. The summed E-state index contributed by atoms with van der Waals surface area (Å²) in [6.45, 7) is 0.0417. The van der Waals surface area contributed by atoms with Gasteiger partial charge in [0.05, 0.1) is 6.54 Å². The minimum Gasteiger partial charge on any atom is -0.352 e. The van der Waals surface area contributed by atoms with Crippen LogP contribution in [0.5, 0.6) is 0 Å². The Hall–Kier alpha value is -1.06. The van der Waals surface area contributed by atoms with Gasteiger partial charge in [-0.1, -0.05) is 0 Å². The average Bonchev–Trinajstić information content (AvgIpc) is 2.67. The van der Waals surface area contributed by atoms with Crippen LogP contribution in [0.1, 0.15) is 12.8 Å². The van der Waals surface area contributed by atoms with Gasteiger partial charge in [0.2, 0.25) is 5.91 Å². The number of rotatable bonds is 4. The molecular weight excluding hydrogens is 132 g/mol. The lowest BCUT2D eigenvalue weighted by atomic mass is 10.5. The van der Waals surface area contributed by atoms with Gasteiger partial charge in [0.15, 0.2) is 0 Å². The molecule has 10 heavy (non-hydrogen) atoms. The van der Waals surface area contributed by atoms with Crippen LogP contribution >= 0.6 is 0 Å². The van der Waals surface area contributed by atoms with E-state index in [0.717, 1.165) is 12.8 Å². The second kappa shape index (κ2) is 3.20. The van der Waals surface area contributed by atoms with Crippen molar-refractivity contribution in [3.63, 3.8) is 0 Å². The molecule has 1 aliphatic carbocycles. The summed E-state index contributed by atoms with van der Waals surface area (Å²) >= 11 is 0. The molecule has 1 rings (SSSR count). The predicted octanol–water partition coefficient (Wildman–Crippen LogP) is -1.08. The molecule has 0 unspecified atom stereocenters. The molecule has 0 aromatic rings. The third-order valence-electron chi connectivity index (χ3n) is 1.26. The molecule has 0 bridgehead atoms. The maximum absolute atomic E-state index is 10.7. The molecule has 1 aliphatic rings. The predicted molar refractivity (Wildman–Crippen MR) is 34.9 cm³/mol. The van der Waals surface area contributed by atoms with Crippen molar-refractivity contribution in [1.29, 1.82) is 0 Å². The minimum absolute atomic E-state index is 0.0417. The first-order chi connectivity index (χ1) is 4.83. The van der Waals surface area contributed by atoms with Gasteiger partial charge >= 0.3 is 6.41 Å². The Labute approximate surface area is 59.0 Å². The molecule has 1 fully saturated rings. The fourth-order valence-corrected chi connectivity index (χ4v) is 0.623. The largest absolute Gasteiger partial charge is 0.352 e. The Morgan fingerprint density at radius 1 is 1.60 bits per heavy atom. The van der Waals surface area contributed by atoms with Crippen LogP contribution < -0.4 is 10.6 Å². The summed E-state index contributed by atoms with van der Waals surface area (Å²) in [6, 6.07) is 0.362. The van der Waals surface area contributed by atoms with Gasteiger partial charge in [0.1, 0.15) is 0 Å². The van der Waals surface area contributed by atoms with Crippen LogP contribution in [0.2, 0.25) is 0 Å². The highest BCUT2D eigenvalue weighted by molar-refractivity contribution is 5.80. The molecule has 1 saturated carbocycles. The summed E-state index contributed by atoms with van der Waals surface area (Å²) in [7, 11) is 0. The molecule has 0 saturated heterocycles. The summed E-state index contributed by atoms with van der Waals surface area (Å²) in [5.41, 5.74) is 0. The first kappa shape index (κ1) is 7.05. The second-order valence-corrected chi connectivity index (χ2v) is 2.30. The van der Waals surface area contributed by atoms with Gasteiger partial charge in [-0.25, -0.2) is 0 Å². The lowest BCUT2D eigenvalue weighted by molar-refractivity contribution is -0.120. The maximum Gasteiger partial charge on any atom is 0.309 e. The lowest BCUT2D eigenvalue weighted by Crippen LogP contribution is -2.34. The zero-order valence-electron chi connectivity index (χ0n) is 5.52. The van der Waals surface area contributed by atoms with E-state index in [9.17, 15) is 9.59 Å². The fraction of sp³-hybridized carbons (Fsp3) is 0.667. The van der Waals surface area contributed by atoms with Gasteiger partial charge in [-0.3, -0.25) is 9.59 Å². The summed E-state index contributed by atoms with van der Waals surface area (Å²) in [4.78, 5) is 20.3. The maximum atomic E-state index is 10.7. The van der Waals surface area contributed by atoms with Gasteiger partial charge in [-0.2, -0.15) is 0 Å². The van der Waals surface area contributed by atoms with E-state index in [1.807, 2.05) is 0 Å². The van der Waals surface area contributed by atoms with Gasteiger partial charge in [-0.05, 0) is 12.8 Å². The van der Waals surface area contributed by atoms with Crippen LogP contribution in [-0.2, 0) is 9.59 Å². The van der Waals surface area contributed by atoms with Crippen molar-refractivity contribution >= 4 is 12.3 Å². The van der Waals surface area contributed by atoms with Gasteiger partial charge in [0, 0.05) is 6.04 Å². The molecule has 4 heteroatoms. The molecule has 1 radical (unpaired) electrons. The van der Waals surface area contributed by atoms with E-state index in [-0.39, 0.29) is 12.5 Å². The molecular formula is C6H9N2O2. The number of hydrogen-bond donors (Lipinski definition) is 2. The van der Waals surface area contributed by atoms with Crippen molar-refractivity contribution < 1.29 is 9.59 Å². The normalized spacial score (nSPS) is 16.0. The van der Waals surface area contributed by atoms with Gasteiger partial charge in [0.25, 0.3) is 0 Å². The molecule has 0 aromatic carbocycles. The summed E-state index contributed by atoms with van der Waals surface area (Å²) in [5, 5.41) is 4.87. The van der Waals surface area contributed by atoms with Crippen molar-refractivity contribution in [1.82, 2.24) is 10.6 Å². The Morgan fingerprint density at radius 2 is 2.30 bits per heavy atom. The quantitative estimate of drug-likeness (QED) is 0.489. The van der Waals surface area contributed by atoms with Crippen LogP contribution in [0.15, 0.2) is 0 Å². The first-order valence-electron chi connectivity index (χ1n) is 3.22. The second-order valence-electron chi connectivity index (χ2n) is 2.30. The van der Waals surface area contributed by atoms with Crippen LogP contribution in [0, 0.1) is 0 Å². The van der Waals surface area contributed by atoms with Crippen LogP contribution in [0.4, 0.5) is 0 Å². The first-order valence-corrected chi connectivity index (χ1v) is 3.22. The van der Waals surface area contributed by atoms with E-state index in [2.05, 4.69) is 10.6 Å². The molecule has 2 amide bonds. The van der Waals surface area contributed by atoms with Crippen molar-refractivity contribution in [2.75, 3.05) is 6.54 Å². The third-order valence-corrected chi connectivity index (χ3v) is 1.26. The van der Waals surface area contributed by atoms with E-state index in [0.29, 0.717) is 6.04 Å². The van der Waals surface area contributed by atoms with E-state index >= 15 is 0 Å². The van der Waals surface area contributed by atoms with Crippen LogP contribution in [0.25, 0.3) is 0 Å². The van der Waals surface area contributed by atoms with Crippen molar-refractivity contribution in [2.45, 2.75) is 18.9 Å². The highest BCUT2D eigenvalue weighted by Gasteiger charge is 2.22. The fourth-order valence-electron chi connectivity index (χ4n) is 0.623. The lowest BCUT2D eigenvalue weighted by Gasteiger charge is -1.99. The Bertz CT molecular complexity index is 143. The van der Waals surface area contributed by atoms with E-state index < -0.39 is 0 Å². The molecule has 55 valence electrons. The van der Waals surface area contributed by atoms with Crippen molar-refractivity contribution in [3.8, 4) is 0 Å². The van der Waals surface area contributed by atoms with Crippen molar-refractivity contribution in [3.05, 3.63) is 0 Å². The molecule has 0 aliphatic heterocycles. The molecule has 0 spiro atoms. The highest BCUT2D eigenvalue weighted by Crippen LogP contribution is 2.17. The Kier molecular flexibility index (Phi) is 2.25. The number of hydrogen-bond acceptors (Lipinski definition) is 2. The topological polar surface area (TPSA) is 58.2 Å². The number of amides is 2. The SMILES string of the molecule is O=[C]NCC(=O)NC1CC1. The smallest absolute Gasteiger partial charge is 0.309 e. The van der Waals surface area contributed by atoms with E-state index in [4.69, 9.17) is 0 Å². The number of carbonyl (C=O) groups is 1. The monoisotopic (exact) mass is 141 g/mol. The molecule has 0 atom stereocenters. The zero-order chi connectivity index (χ0) is 7.40. The van der Waals surface area contributed by atoms with Gasteiger partial charge < -0.3 is 10.6 Å². The highest BCUT2D eigenvalue weighted by atomic mass is 16.2. The van der Waals surface area contributed by atoms with Crippen molar-refractivity contribution in [2.24, 2.45) is 0 Å². The number of nitrogens with one attached hydrogen (secondary N) is 2. The summed E-state index contributed by atoms with van der Waals surface area (Å²) in [5.74, 6) is -0.133. The number of carbonyl (C=O) groups excluding carboxylic acids is 2. The van der Waals surface area contributed by atoms with Crippen LogP contribution in [-0.4, -0.2) is 24.9 Å². The van der Waals surface area contributed by atoms with E-state index in [1.54, 1.807) is 0 Å². The molecule has 0 aromatic heterocycles. The van der Waals surface area contributed by atoms with E-state index in [1.165, 1.54) is 6.41 Å². The Balaban J connectivity index is 2.02. The molecule has 0 heterocycles. The molecule has 4 nitrogen and oxygen atoms in total. The average molecular weight is 141 g/mol. The molecule has 2 N–H and O–H groups in total. The Morgan fingerprint density at radius 3 is 2.80 bits per heavy atom. The zero-order valence-corrected chi connectivity index (χ0v) is 5.52. The summed E-state index contributed by atoms with van der Waals surface area (Å²) < 4.78 is 0. The van der Waals surface area contributed by atoms with Crippen LogP contribution in [0.3, 0.4) is 0 Å². The third kappa shape index (κ3) is 2.48. The summed E-state index contributed by atoms with van der Waals surface area (Å²) in [6.07, 6.45) is 3.56.